The third-order valence-electron chi connectivity index (χ3n) is 5.20. The van der Waals surface area contributed by atoms with Crippen molar-refractivity contribution in [1.29, 1.82) is 0 Å². The molecule has 134 valence electrons. The monoisotopic (exact) mass is 344 g/mol. The van der Waals surface area contributed by atoms with Crippen LogP contribution in [0.15, 0.2) is 34.7 Å². The maximum Gasteiger partial charge on any atom is 0.317 e. The largest absolute Gasteiger partial charge is 0.459 e. The molecule has 1 aromatic carbocycles. The Labute approximate surface area is 147 Å². The average molecular weight is 344 g/mol. The van der Waals surface area contributed by atoms with Crippen molar-refractivity contribution in [3.05, 3.63) is 36.1 Å². The normalized spacial score (nSPS) is 23.1. The molecule has 2 saturated heterocycles. The molecular formula is C19H24N2O4. The molecule has 0 saturated carbocycles. The molecule has 4 rings (SSSR count). The van der Waals surface area contributed by atoms with Gasteiger partial charge in [0.2, 0.25) is 0 Å². The molecule has 2 fully saturated rings. The van der Waals surface area contributed by atoms with Gasteiger partial charge in [-0.3, -0.25) is 0 Å². The molecule has 2 aliphatic rings. The molecule has 6 heteroatoms. The molecular weight excluding hydrogens is 320 g/mol. The van der Waals surface area contributed by atoms with Crippen LogP contribution in [0.4, 0.5) is 4.79 Å². The number of para-hydroxylation sites is 1. The summed E-state index contributed by atoms with van der Waals surface area (Å²) in [6.07, 6.45) is 1.98. The molecule has 1 aromatic heterocycles. The lowest BCUT2D eigenvalue weighted by Crippen LogP contribution is -2.51. The van der Waals surface area contributed by atoms with E-state index in [1.165, 1.54) is 0 Å². The van der Waals surface area contributed by atoms with Crippen LogP contribution in [0, 0.1) is 5.92 Å². The number of fused-ring (bicyclic) bond motifs is 1. The van der Waals surface area contributed by atoms with Crippen LogP contribution < -0.4 is 5.32 Å². The number of urea groups is 1. The number of ether oxygens (including phenoxy) is 2. The minimum Gasteiger partial charge on any atom is -0.459 e. The first-order valence-corrected chi connectivity index (χ1v) is 8.92. The summed E-state index contributed by atoms with van der Waals surface area (Å²) in [4.78, 5) is 14.4. The van der Waals surface area contributed by atoms with Gasteiger partial charge in [0.1, 0.15) is 11.3 Å². The Bertz CT molecular complexity index is 718. The van der Waals surface area contributed by atoms with Gasteiger partial charge in [0.15, 0.2) is 5.79 Å². The van der Waals surface area contributed by atoms with Crippen LogP contribution in [0.25, 0.3) is 11.0 Å². The Balaban J connectivity index is 1.35. The zero-order chi connectivity index (χ0) is 17.3. The van der Waals surface area contributed by atoms with E-state index in [2.05, 4.69) is 5.32 Å². The lowest BCUT2D eigenvalue weighted by Gasteiger charge is -2.39. The minimum absolute atomic E-state index is 0.0632. The van der Waals surface area contributed by atoms with Gasteiger partial charge in [0, 0.05) is 24.4 Å². The summed E-state index contributed by atoms with van der Waals surface area (Å²) in [6.45, 7) is 5.05. The van der Waals surface area contributed by atoms with Crippen LogP contribution in [-0.4, -0.2) is 43.0 Å². The summed E-state index contributed by atoms with van der Waals surface area (Å²) >= 11 is 0. The van der Waals surface area contributed by atoms with E-state index < -0.39 is 5.79 Å². The van der Waals surface area contributed by atoms with Gasteiger partial charge in [-0.15, -0.1) is 0 Å². The molecule has 25 heavy (non-hydrogen) atoms. The van der Waals surface area contributed by atoms with E-state index in [4.69, 9.17) is 13.9 Å². The number of piperidine rings is 1. The highest BCUT2D eigenvalue weighted by Crippen LogP contribution is 2.34. The van der Waals surface area contributed by atoms with Crippen LogP contribution in [-0.2, 0) is 16.0 Å². The number of carbonyl (C=O) groups excluding carboxylic acids is 1. The number of carbonyl (C=O) groups is 1. The minimum atomic E-state index is -0.558. The lowest BCUT2D eigenvalue weighted by molar-refractivity contribution is -0.189. The zero-order valence-electron chi connectivity index (χ0n) is 14.5. The van der Waals surface area contributed by atoms with Crippen LogP contribution in [0.5, 0.6) is 0 Å². The van der Waals surface area contributed by atoms with Crippen LogP contribution in [0.2, 0.25) is 0 Å². The third kappa shape index (κ3) is 3.37. The Morgan fingerprint density at radius 2 is 2.12 bits per heavy atom. The van der Waals surface area contributed by atoms with Crippen molar-refractivity contribution in [3.8, 4) is 0 Å². The second kappa shape index (κ2) is 6.69. The van der Waals surface area contributed by atoms with Crippen LogP contribution in [0.3, 0.4) is 0 Å². The molecule has 0 bridgehead atoms. The smallest absolute Gasteiger partial charge is 0.317 e. The molecule has 0 unspecified atom stereocenters. The number of hydrogen-bond donors (Lipinski definition) is 1. The standard InChI is InChI=1S/C19H24N2O4/c1-19(23-9-10-24-19)15-6-4-8-21(13-15)18(22)20-12-16-11-14-5-2-3-7-17(14)25-16/h2-3,5,7,11,15H,4,6,8-10,12-13H2,1H3,(H,20,22)/t15-/m0/s1. The SMILES string of the molecule is CC1([C@H]2CCCN(C(=O)NCc3cc4ccccc4o3)C2)OCCO1. The van der Waals surface area contributed by atoms with Gasteiger partial charge in [-0.1, -0.05) is 18.2 Å². The summed E-state index contributed by atoms with van der Waals surface area (Å²) in [7, 11) is 0. The second-order valence-electron chi connectivity index (χ2n) is 6.91. The number of benzene rings is 1. The number of likely N-dealkylation sites (tertiary alicyclic amines) is 1. The van der Waals surface area contributed by atoms with Gasteiger partial charge in [-0.2, -0.15) is 0 Å². The van der Waals surface area contributed by atoms with Crippen molar-refractivity contribution in [1.82, 2.24) is 10.2 Å². The molecule has 1 N–H and O–H groups in total. The summed E-state index contributed by atoms with van der Waals surface area (Å²) in [5.41, 5.74) is 0.841. The number of furan rings is 1. The number of nitrogens with one attached hydrogen (secondary N) is 1. The molecule has 0 spiro atoms. The van der Waals surface area contributed by atoms with E-state index >= 15 is 0 Å². The maximum absolute atomic E-state index is 12.5. The van der Waals surface area contributed by atoms with E-state index in [1.54, 1.807) is 0 Å². The Hall–Kier alpha value is -2.05. The fourth-order valence-electron chi connectivity index (χ4n) is 3.75. The molecule has 0 aliphatic carbocycles. The first kappa shape index (κ1) is 16.4. The van der Waals surface area contributed by atoms with Crippen molar-refractivity contribution >= 4 is 17.0 Å². The first-order valence-electron chi connectivity index (χ1n) is 8.92. The lowest BCUT2D eigenvalue weighted by atomic mass is 9.90. The van der Waals surface area contributed by atoms with Gasteiger partial charge in [-0.25, -0.2) is 4.79 Å². The quantitative estimate of drug-likeness (QED) is 0.929. The molecule has 2 aromatic rings. The average Bonchev–Trinajstić information content (AvgIpc) is 3.26. The van der Waals surface area contributed by atoms with E-state index in [-0.39, 0.29) is 11.9 Å². The highest BCUT2D eigenvalue weighted by Gasteiger charge is 2.42. The summed E-state index contributed by atoms with van der Waals surface area (Å²) < 4.78 is 17.3. The van der Waals surface area contributed by atoms with Gasteiger partial charge >= 0.3 is 6.03 Å². The van der Waals surface area contributed by atoms with E-state index in [1.807, 2.05) is 42.2 Å². The molecule has 2 aliphatic heterocycles. The molecule has 2 amide bonds. The van der Waals surface area contributed by atoms with E-state index in [0.717, 1.165) is 36.1 Å². The van der Waals surface area contributed by atoms with Crippen molar-refractivity contribution in [2.24, 2.45) is 5.92 Å². The van der Waals surface area contributed by atoms with Crippen LogP contribution in [0.1, 0.15) is 25.5 Å². The fourth-order valence-corrected chi connectivity index (χ4v) is 3.75. The number of amides is 2. The van der Waals surface area contributed by atoms with Crippen LogP contribution >= 0.6 is 0 Å². The molecule has 0 radical (unpaired) electrons. The Kier molecular flexibility index (Phi) is 4.39. The van der Waals surface area contributed by atoms with Gasteiger partial charge in [0.25, 0.3) is 0 Å². The predicted octanol–water partition coefficient (Wildman–Crippen LogP) is 3.12. The third-order valence-corrected chi connectivity index (χ3v) is 5.20. The van der Waals surface area contributed by atoms with Crippen molar-refractivity contribution in [2.75, 3.05) is 26.3 Å². The Morgan fingerprint density at radius 1 is 1.32 bits per heavy atom. The highest BCUT2D eigenvalue weighted by molar-refractivity contribution is 5.78. The van der Waals surface area contributed by atoms with Gasteiger partial charge in [0.05, 0.1) is 19.8 Å². The Morgan fingerprint density at radius 3 is 2.92 bits per heavy atom. The van der Waals surface area contributed by atoms with E-state index in [0.29, 0.717) is 26.3 Å². The van der Waals surface area contributed by atoms with Crippen molar-refractivity contribution < 1.29 is 18.7 Å². The summed E-state index contributed by atoms with van der Waals surface area (Å²) in [5, 5.41) is 4.01. The zero-order valence-corrected chi connectivity index (χ0v) is 14.5. The topological polar surface area (TPSA) is 63.9 Å². The summed E-state index contributed by atoms with van der Waals surface area (Å²) in [6, 6.07) is 9.75. The second-order valence-corrected chi connectivity index (χ2v) is 6.91. The summed E-state index contributed by atoms with van der Waals surface area (Å²) in [5.74, 6) is 0.413. The molecule has 3 heterocycles. The maximum atomic E-state index is 12.5. The van der Waals surface area contributed by atoms with Gasteiger partial charge in [-0.05, 0) is 31.9 Å². The fraction of sp³-hybridized carbons (Fsp3) is 0.526. The number of nitrogens with zero attached hydrogens (tertiary/aromatic N) is 1. The number of rotatable bonds is 3. The molecule has 1 atom stereocenters. The van der Waals surface area contributed by atoms with E-state index in [9.17, 15) is 4.79 Å². The van der Waals surface area contributed by atoms with Crippen molar-refractivity contribution in [3.63, 3.8) is 0 Å². The first-order chi connectivity index (χ1) is 12.1. The predicted molar refractivity (Wildman–Crippen MR) is 93.1 cm³/mol. The highest BCUT2D eigenvalue weighted by atomic mass is 16.7. The molecule has 6 nitrogen and oxygen atoms in total. The van der Waals surface area contributed by atoms with Gasteiger partial charge < -0.3 is 24.1 Å². The van der Waals surface area contributed by atoms with Crippen molar-refractivity contribution in [2.45, 2.75) is 32.1 Å². The number of hydrogen-bond acceptors (Lipinski definition) is 4.